The van der Waals surface area contributed by atoms with Gasteiger partial charge < -0.3 is 19.5 Å². The van der Waals surface area contributed by atoms with Crippen molar-refractivity contribution in [1.82, 2.24) is 5.32 Å². The van der Waals surface area contributed by atoms with Crippen molar-refractivity contribution >= 4 is 0 Å². The van der Waals surface area contributed by atoms with Gasteiger partial charge in [-0.2, -0.15) is 0 Å². The van der Waals surface area contributed by atoms with Crippen LogP contribution in [0.2, 0.25) is 0 Å². The Labute approximate surface area is 105 Å². The lowest BCUT2D eigenvalue weighted by molar-refractivity contribution is 0.0463. The molecule has 1 atom stereocenters. The fraction of sp³-hybridized carbons (Fsp3) is 1.00. The molecule has 1 fully saturated rings. The highest BCUT2D eigenvalue weighted by atomic mass is 16.5. The molecule has 0 aliphatic carbocycles. The highest BCUT2D eigenvalue weighted by Crippen LogP contribution is 2.31. The lowest BCUT2D eigenvalue weighted by atomic mass is 9.84. The monoisotopic (exact) mass is 245 g/mol. The van der Waals surface area contributed by atoms with Crippen LogP contribution in [0.25, 0.3) is 0 Å². The predicted molar refractivity (Wildman–Crippen MR) is 68.3 cm³/mol. The molecule has 0 aromatic rings. The Morgan fingerprint density at radius 1 is 1.29 bits per heavy atom. The topological polar surface area (TPSA) is 39.7 Å². The third-order valence-corrected chi connectivity index (χ3v) is 3.28. The normalized spacial score (nSPS) is 24.7. The van der Waals surface area contributed by atoms with Gasteiger partial charge in [-0.15, -0.1) is 0 Å². The number of methoxy groups -OCH3 is 1. The smallest absolute Gasteiger partial charge is 0.0700 e. The van der Waals surface area contributed by atoms with Crippen molar-refractivity contribution in [1.29, 1.82) is 0 Å². The first-order valence-electron chi connectivity index (χ1n) is 6.56. The van der Waals surface area contributed by atoms with E-state index in [-0.39, 0.29) is 5.41 Å². The van der Waals surface area contributed by atoms with Gasteiger partial charge in [0.25, 0.3) is 0 Å². The van der Waals surface area contributed by atoms with Gasteiger partial charge in [-0.25, -0.2) is 0 Å². The molecule has 17 heavy (non-hydrogen) atoms. The number of hydrogen-bond acceptors (Lipinski definition) is 4. The summed E-state index contributed by atoms with van der Waals surface area (Å²) in [4.78, 5) is 0. The van der Waals surface area contributed by atoms with E-state index < -0.39 is 0 Å². The summed E-state index contributed by atoms with van der Waals surface area (Å²) in [5.41, 5.74) is 0.275. The molecule has 1 saturated heterocycles. The van der Waals surface area contributed by atoms with Gasteiger partial charge in [0.1, 0.15) is 0 Å². The number of hydrogen-bond donors (Lipinski definition) is 1. The molecule has 0 bridgehead atoms. The van der Waals surface area contributed by atoms with E-state index in [2.05, 4.69) is 19.2 Å². The molecule has 0 amide bonds. The van der Waals surface area contributed by atoms with E-state index in [9.17, 15) is 0 Å². The average Bonchev–Trinajstić information content (AvgIpc) is 2.76. The van der Waals surface area contributed by atoms with Crippen LogP contribution in [0.1, 0.15) is 26.7 Å². The van der Waals surface area contributed by atoms with Crippen LogP contribution >= 0.6 is 0 Å². The first kappa shape index (κ1) is 14.9. The Morgan fingerprint density at radius 2 is 2.12 bits per heavy atom. The standard InChI is InChI=1S/C13H27NO3/c1-12(2)14-10-13(5-7-17-11-13)4-6-16-9-8-15-3/h12,14H,4-11H2,1-3H3. The van der Waals surface area contributed by atoms with E-state index in [0.717, 1.165) is 39.2 Å². The maximum absolute atomic E-state index is 5.56. The minimum Gasteiger partial charge on any atom is -0.382 e. The van der Waals surface area contributed by atoms with Crippen LogP contribution in [-0.4, -0.2) is 52.7 Å². The van der Waals surface area contributed by atoms with Crippen molar-refractivity contribution in [2.45, 2.75) is 32.7 Å². The molecule has 4 nitrogen and oxygen atoms in total. The Morgan fingerprint density at radius 3 is 2.71 bits per heavy atom. The number of nitrogens with one attached hydrogen (secondary N) is 1. The minimum absolute atomic E-state index is 0.275. The van der Waals surface area contributed by atoms with Crippen LogP contribution < -0.4 is 5.32 Å². The molecule has 0 spiro atoms. The van der Waals surface area contributed by atoms with Crippen LogP contribution in [0.15, 0.2) is 0 Å². The molecule has 1 unspecified atom stereocenters. The zero-order valence-corrected chi connectivity index (χ0v) is 11.5. The van der Waals surface area contributed by atoms with Crippen molar-refractivity contribution in [2.24, 2.45) is 5.41 Å². The van der Waals surface area contributed by atoms with Gasteiger partial charge in [0, 0.05) is 38.3 Å². The molecule has 0 aromatic carbocycles. The van der Waals surface area contributed by atoms with Crippen molar-refractivity contribution in [2.75, 3.05) is 46.7 Å². The molecule has 0 saturated carbocycles. The van der Waals surface area contributed by atoms with Crippen molar-refractivity contribution in [3.8, 4) is 0 Å². The van der Waals surface area contributed by atoms with E-state index >= 15 is 0 Å². The Kier molecular flexibility index (Phi) is 7.04. The number of rotatable bonds is 9. The maximum atomic E-state index is 5.56. The van der Waals surface area contributed by atoms with Crippen molar-refractivity contribution in [3.63, 3.8) is 0 Å². The summed E-state index contributed by atoms with van der Waals surface area (Å²) < 4.78 is 16.1. The molecule has 1 rings (SSSR count). The quantitative estimate of drug-likeness (QED) is 0.624. The van der Waals surface area contributed by atoms with Crippen LogP contribution in [0.3, 0.4) is 0 Å². The van der Waals surface area contributed by atoms with E-state index in [0.29, 0.717) is 19.3 Å². The third-order valence-electron chi connectivity index (χ3n) is 3.28. The van der Waals surface area contributed by atoms with Crippen LogP contribution in [0.4, 0.5) is 0 Å². The molecular weight excluding hydrogens is 218 g/mol. The van der Waals surface area contributed by atoms with Crippen molar-refractivity contribution < 1.29 is 14.2 Å². The molecule has 102 valence electrons. The van der Waals surface area contributed by atoms with Gasteiger partial charge in [0.05, 0.1) is 19.8 Å². The Bertz CT molecular complexity index is 191. The minimum atomic E-state index is 0.275. The summed E-state index contributed by atoms with van der Waals surface area (Å²) in [6.45, 7) is 9.29. The second-order valence-electron chi connectivity index (χ2n) is 5.19. The van der Waals surface area contributed by atoms with E-state index in [1.54, 1.807) is 7.11 Å². The highest BCUT2D eigenvalue weighted by molar-refractivity contribution is 4.85. The second kappa shape index (κ2) is 8.03. The van der Waals surface area contributed by atoms with Gasteiger partial charge in [-0.05, 0) is 12.8 Å². The van der Waals surface area contributed by atoms with Crippen LogP contribution in [0.5, 0.6) is 0 Å². The number of ether oxygens (including phenoxy) is 3. The summed E-state index contributed by atoms with van der Waals surface area (Å²) >= 11 is 0. The zero-order chi connectivity index (χ0) is 12.6. The Hall–Kier alpha value is -0.160. The van der Waals surface area contributed by atoms with Crippen LogP contribution in [0, 0.1) is 5.41 Å². The van der Waals surface area contributed by atoms with Gasteiger partial charge in [0.2, 0.25) is 0 Å². The third kappa shape index (κ3) is 5.82. The molecule has 1 heterocycles. The van der Waals surface area contributed by atoms with Gasteiger partial charge in [0.15, 0.2) is 0 Å². The zero-order valence-electron chi connectivity index (χ0n) is 11.5. The van der Waals surface area contributed by atoms with Gasteiger partial charge >= 0.3 is 0 Å². The second-order valence-corrected chi connectivity index (χ2v) is 5.19. The maximum Gasteiger partial charge on any atom is 0.0700 e. The van der Waals surface area contributed by atoms with E-state index in [1.165, 1.54) is 0 Å². The fourth-order valence-corrected chi connectivity index (χ4v) is 2.03. The molecule has 4 heteroatoms. The van der Waals surface area contributed by atoms with Crippen molar-refractivity contribution in [3.05, 3.63) is 0 Å². The Balaban J connectivity index is 2.22. The largest absolute Gasteiger partial charge is 0.382 e. The van der Waals surface area contributed by atoms with Crippen LogP contribution in [-0.2, 0) is 14.2 Å². The lowest BCUT2D eigenvalue weighted by Crippen LogP contribution is -2.39. The molecule has 0 radical (unpaired) electrons. The molecular formula is C13H27NO3. The first-order chi connectivity index (χ1) is 8.18. The fourth-order valence-electron chi connectivity index (χ4n) is 2.03. The lowest BCUT2D eigenvalue weighted by Gasteiger charge is -2.28. The average molecular weight is 245 g/mol. The van der Waals surface area contributed by atoms with Gasteiger partial charge in [-0.3, -0.25) is 0 Å². The summed E-state index contributed by atoms with van der Waals surface area (Å²) in [6, 6.07) is 0.530. The molecule has 1 aliphatic rings. The highest BCUT2D eigenvalue weighted by Gasteiger charge is 2.34. The summed E-state index contributed by atoms with van der Waals surface area (Å²) in [5, 5.41) is 3.52. The van der Waals surface area contributed by atoms with E-state index in [4.69, 9.17) is 14.2 Å². The molecule has 1 aliphatic heterocycles. The summed E-state index contributed by atoms with van der Waals surface area (Å²) in [7, 11) is 1.70. The molecule has 1 N–H and O–H groups in total. The van der Waals surface area contributed by atoms with E-state index in [1.807, 2.05) is 0 Å². The molecule has 0 aromatic heterocycles. The first-order valence-corrected chi connectivity index (χ1v) is 6.56. The summed E-state index contributed by atoms with van der Waals surface area (Å²) in [6.07, 6.45) is 2.21. The predicted octanol–water partition coefficient (Wildman–Crippen LogP) is 1.44. The summed E-state index contributed by atoms with van der Waals surface area (Å²) in [5.74, 6) is 0. The van der Waals surface area contributed by atoms with Gasteiger partial charge in [-0.1, -0.05) is 13.8 Å². The SMILES string of the molecule is COCCOCCC1(CNC(C)C)CCOC1.